The molecule has 2 rings (SSSR count). The molecule has 1 aromatic carbocycles. The van der Waals surface area contributed by atoms with Gasteiger partial charge in [0.2, 0.25) is 10.0 Å². The summed E-state index contributed by atoms with van der Waals surface area (Å²) in [5, 5.41) is 10.4. The first-order valence-electron chi connectivity index (χ1n) is 5.66. The lowest BCUT2D eigenvalue weighted by Gasteiger charge is -2.10. The smallest absolute Gasteiger partial charge is 0.242 e. The van der Waals surface area contributed by atoms with Crippen LogP contribution in [-0.4, -0.2) is 25.7 Å². The van der Waals surface area contributed by atoms with Crippen LogP contribution in [0.15, 0.2) is 47.5 Å². The van der Waals surface area contributed by atoms with Gasteiger partial charge < -0.3 is 5.32 Å². The van der Waals surface area contributed by atoms with Gasteiger partial charge in [-0.3, -0.25) is 0 Å². The zero-order valence-corrected chi connectivity index (χ0v) is 11.2. The second-order valence-corrected chi connectivity index (χ2v) is 5.52. The molecule has 7 heteroatoms. The SMILES string of the molecule is CNc1ccccc1S(=O)(=O)NCc1cccnn1. The van der Waals surface area contributed by atoms with E-state index in [9.17, 15) is 8.42 Å². The lowest BCUT2D eigenvalue weighted by atomic mass is 10.3. The highest BCUT2D eigenvalue weighted by Crippen LogP contribution is 2.19. The highest BCUT2D eigenvalue weighted by atomic mass is 32.2. The average molecular weight is 278 g/mol. The van der Waals surface area contributed by atoms with Gasteiger partial charge in [-0.2, -0.15) is 10.2 Å². The number of para-hydroxylation sites is 1. The van der Waals surface area contributed by atoms with Gasteiger partial charge in [0.25, 0.3) is 0 Å². The Kier molecular flexibility index (Phi) is 4.08. The van der Waals surface area contributed by atoms with Crippen molar-refractivity contribution in [2.24, 2.45) is 0 Å². The first kappa shape index (κ1) is 13.4. The number of benzene rings is 1. The molecule has 0 atom stereocenters. The zero-order valence-electron chi connectivity index (χ0n) is 10.4. The number of aromatic nitrogens is 2. The molecule has 6 nitrogen and oxygen atoms in total. The van der Waals surface area contributed by atoms with Crippen molar-refractivity contribution in [3.8, 4) is 0 Å². The molecule has 1 aromatic heterocycles. The topological polar surface area (TPSA) is 84.0 Å². The number of hydrogen-bond acceptors (Lipinski definition) is 5. The number of nitrogens with one attached hydrogen (secondary N) is 2. The minimum absolute atomic E-state index is 0.105. The Hall–Kier alpha value is -1.99. The first-order valence-corrected chi connectivity index (χ1v) is 7.15. The second-order valence-electron chi connectivity index (χ2n) is 3.79. The van der Waals surface area contributed by atoms with Crippen LogP contribution in [0.5, 0.6) is 0 Å². The first-order chi connectivity index (χ1) is 9.13. The quantitative estimate of drug-likeness (QED) is 0.852. The molecule has 2 N–H and O–H groups in total. The van der Waals surface area contributed by atoms with Crippen molar-refractivity contribution in [2.45, 2.75) is 11.4 Å². The lowest BCUT2D eigenvalue weighted by molar-refractivity contribution is 0.580. The van der Waals surface area contributed by atoms with Gasteiger partial charge in [0.15, 0.2) is 0 Å². The van der Waals surface area contributed by atoms with Crippen molar-refractivity contribution in [3.63, 3.8) is 0 Å². The van der Waals surface area contributed by atoms with E-state index in [1.54, 1.807) is 43.4 Å². The number of rotatable bonds is 5. The van der Waals surface area contributed by atoms with Crippen LogP contribution in [0.2, 0.25) is 0 Å². The van der Waals surface area contributed by atoms with Crippen LogP contribution in [-0.2, 0) is 16.6 Å². The fraction of sp³-hybridized carbons (Fsp3) is 0.167. The summed E-state index contributed by atoms with van der Waals surface area (Å²) >= 11 is 0. The van der Waals surface area contributed by atoms with Crippen molar-refractivity contribution >= 4 is 15.7 Å². The van der Waals surface area contributed by atoms with E-state index in [0.717, 1.165) is 0 Å². The van der Waals surface area contributed by atoms with Crippen LogP contribution in [0, 0.1) is 0 Å². The van der Waals surface area contributed by atoms with Crippen LogP contribution in [0.3, 0.4) is 0 Å². The summed E-state index contributed by atoms with van der Waals surface area (Å²) < 4.78 is 26.9. The summed E-state index contributed by atoms with van der Waals surface area (Å²) in [5.74, 6) is 0. The van der Waals surface area contributed by atoms with Gasteiger partial charge in [-0.15, -0.1) is 0 Å². The fourth-order valence-electron chi connectivity index (χ4n) is 1.58. The summed E-state index contributed by atoms with van der Waals surface area (Å²) in [6.07, 6.45) is 1.54. The third kappa shape index (κ3) is 3.27. The standard InChI is InChI=1S/C12H14N4O2S/c1-13-11-6-2-3-7-12(11)19(17,18)15-9-10-5-4-8-14-16-10/h2-8,13,15H,9H2,1H3. The summed E-state index contributed by atoms with van der Waals surface area (Å²) in [4.78, 5) is 0.210. The fourth-order valence-corrected chi connectivity index (χ4v) is 2.79. The molecule has 0 aliphatic heterocycles. The maximum atomic E-state index is 12.2. The molecular formula is C12H14N4O2S. The Morgan fingerprint density at radius 1 is 1.16 bits per heavy atom. The summed E-state index contributed by atoms with van der Waals surface area (Å²) in [7, 11) is -1.90. The molecule has 0 saturated carbocycles. The molecule has 19 heavy (non-hydrogen) atoms. The van der Waals surface area contributed by atoms with Gasteiger partial charge >= 0.3 is 0 Å². The number of anilines is 1. The van der Waals surface area contributed by atoms with E-state index in [-0.39, 0.29) is 11.4 Å². The van der Waals surface area contributed by atoms with Crippen molar-refractivity contribution in [3.05, 3.63) is 48.3 Å². The number of hydrogen-bond donors (Lipinski definition) is 2. The van der Waals surface area contributed by atoms with Gasteiger partial charge in [-0.25, -0.2) is 13.1 Å². The molecule has 0 aliphatic rings. The highest BCUT2D eigenvalue weighted by Gasteiger charge is 2.17. The summed E-state index contributed by atoms with van der Waals surface area (Å²) in [6, 6.07) is 10.1. The third-order valence-corrected chi connectivity index (χ3v) is 3.98. The minimum Gasteiger partial charge on any atom is -0.387 e. The predicted octanol–water partition coefficient (Wildman–Crippen LogP) is 0.997. The molecule has 0 fully saturated rings. The Morgan fingerprint density at radius 2 is 1.95 bits per heavy atom. The Balaban J connectivity index is 2.19. The monoisotopic (exact) mass is 278 g/mol. The molecule has 0 spiro atoms. The zero-order chi connectivity index (χ0) is 13.7. The lowest BCUT2D eigenvalue weighted by Crippen LogP contribution is -2.24. The van der Waals surface area contributed by atoms with Gasteiger partial charge in [0.05, 0.1) is 17.9 Å². The van der Waals surface area contributed by atoms with Gasteiger partial charge in [-0.05, 0) is 24.3 Å². The minimum atomic E-state index is -3.58. The molecule has 0 bridgehead atoms. The van der Waals surface area contributed by atoms with Crippen LogP contribution in [0.1, 0.15) is 5.69 Å². The van der Waals surface area contributed by atoms with E-state index in [1.807, 2.05) is 0 Å². The van der Waals surface area contributed by atoms with Crippen LogP contribution >= 0.6 is 0 Å². The average Bonchev–Trinajstić information content (AvgIpc) is 2.46. The van der Waals surface area contributed by atoms with Crippen molar-refractivity contribution < 1.29 is 8.42 Å². The maximum Gasteiger partial charge on any atom is 0.242 e. The van der Waals surface area contributed by atoms with Crippen molar-refractivity contribution in [1.29, 1.82) is 0 Å². The Morgan fingerprint density at radius 3 is 2.63 bits per heavy atom. The van der Waals surface area contributed by atoms with Gasteiger partial charge in [-0.1, -0.05) is 12.1 Å². The molecular weight excluding hydrogens is 264 g/mol. The molecule has 0 aliphatic carbocycles. The van der Waals surface area contributed by atoms with Gasteiger partial charge in [0, 0.05) is 13.2 Å². The molecule has 0 amide bonds. The Bertz CT molecular complexity index is 644. The van der Waals surface area contributed by atoms with E-state index in [4.69, 9.17) is 0 Å². The molecule has 100 valence electrons. The van der Waals surface area contributed by atoms with E-state index < -0.39 is 10.0 Å². The summed E-state index contributed by atoms with van der Waals surface area (Å²) in [6.45, 7) is 0.105. The maximum absolute atomic E-state index is 12.2. The van der Waals surface area contributed by atoms with E-state index >= 15 is 0 Å². The van der Waals surface area contributed by atoms with Crippen molar-refractivity contribution in [2.75, 3.05) is 12.4 Å². The largest absolute Gasteiger partial charge is 0.387 e. The van der Waals surface area contributed by atoms with Crippen LogP contribution < -0.4 is 10.0 Å². The molecule has 1 heterocycles. The molecule has 0 radical (unpaired) electrons. The Labute approximate surface area is 111 Å². The van der Waals surface area contributed by atoms with Crippen LogP contribution in [0.25, 0.3) is 0 Å². The number of sulfonamides is 1. The van der Waals surface area contributed by atoms with Crippen LogP contribution in [0.4, 0.5) is 5.69 Å². The predicted molar refractivity (Wildman–Crippen MR) is 72.0 cm³/mol. The summed E-state index contributed by atoms with van der Waals surface area (Å²) in [5.41, 5.74) is 1.11. The van der Waals surface area contributed by atoms with Gasteiger partial charge in [0.1, 0.15) is 4.90 Å². The normalized spacial score (nSPS) is 11.2. The second kappa shape index (κ2) is 5.77. The third-order valence-electron chi connectivity index (χ3n) is 2.52. The van der Waals surface area contributed by atoms with E-state index in [0.29, 0.717) is 11.4 Å². The highest BCUT2D eigenvalue weighted by molar-refractivity contribution is 7.89. The van der Waals surface area contributed by atoms with Crippen molar-refractivity contribution in [1.82, 2.24) is 14.9 Å². The van der Waals surface area contributed by atoms with E-state index in [1.165, 1.54) is 6.20 Å². The molecule has 0 unspecified atom stereocenters. The molecule has 2 aromatic rings. The molecule has 0 saturated heterocycles. The van der Waals surface area contributed by atoms with E-state index in [2.05, 4.69) is 20.2 Å². The number of nitrogens with zero attached hydrogens (tertiary/aromatic N) is 2.